The van der Waals surface area contributed by atoms with Crippen molar-refractivity contribution in [2.24, 2.45) is 11.7 Å². The van der Waals surface area contributed by atoms with Crippen molar-refractivity contribution in [3.8, 4) is 0 Å². The molecule has 0 saturated heterocycles. The lowest BCUT2D eigenvalue weighted by molar-refractivity contribution is -0.138. The summed E-state index contributed by atoms with van der Waals surface area (Å²) in [7, 11) is 0. The van der Waals surface area contributed by atoms with E-state index in [9.17, 15) is 17.6 Å². The van der Waals surface area contributed by atoms with Crippen LogP contribution in [0.25, 0.3) is 0 Å². The molecule has 2 N–H and O–H groups in total. The van der Waals surface area contributed by atoms with Gasteiger partial charge in [-0.25, -0.2) is 4.39 Å². The highest BCUT2D eigenvalue weighted by Crippen LogP contribution is 2.41. The number of hydrogen-bond donors (Lipinski definition) is 1. The number of halogens is 5. The summed E-state index contributed by atoms with van der Waals surface area (Å²) in [5.41, 5.74) is 4.54. The van der Waals surface area contributed by atoms with Crippen molar-refractivity contribution in [1.29, 1.82) is 0 Å². The van der Waals surface area contributed by atoms with Crippen LogP contribution in [0.5, 0.6) is 0 Å². The van der Waals surface area contributed by atoms with Gasteiger partial charge in [-0.15, -0.1) is 12.4 Å². The first-order valence-corrected chi connectivity index (χ1v) is 6.02. The highest BCUT2D eigenvalue weighted by Gasteiger charge is 2.38. The van der Waals surface area contributed by atoms with Gasteiger partial charge in [-0.3, -0.25) is 0 Å². The Morgan fingerprint density at radius 3 is 2.26 bits per heavy atom. The Balaban J connectivity index is 0.00000180. The Kier molecular flexibility index (Phi) is 5.21. The molecule has 0 bridgehead atoms. The molecule has 0 amide bonds. The molecule has 1 atom stereocenters. The smallest absolute Gasteiger partial charge is 0.324 e. The highest BCUT2D eigenvalue weighted by molar-refractivity contribution is 5.85. The first kappa shape index (κ1) is 16.2. The molecule has 1 aromatic carbocycles. The van der Waals surface area contributed by atoms with Crippen molar-refractivity contribution in [3.05, 3.63) is 35.1 Å². The maximum atomic E-state index is 13.7. The fraction of sp³-hybridized carbons (Fsp3) is 0.538. The van der Waals surface area contributed by atoms with E-state index in [-0.39, 0.29) is 23.9 Å². The van der Waals surface area contributed by atoms with Gasteiger partial charge in [-0.05, 0) is 30.9 Å². The third kappa shape index (κ3) is 3.39. The van der Waals surface area contributed by atoms with Gasteiger partial charge >= 0.3 is 6.18 Å². The molecule has 0 radical (unpaired) electrons. The second-order valence-corrected chi connectivity index (χ2v) is 4.77. The Labute approximate surface area is 115 Å². The van der Waals surface area contributed by atoms with Crippen molar-refractivity contribution in [3.63, 3.8) is 0 Å². The molecule has 0 unspecified atom stereocenters. The van der Waals surface area contributed by atoms with Crippen molar-refractivity contribution >= 4 is 12.4 Å². The van der Waals surface area contributed by atoms with Crippen LogP contribution in [0.3, 0.4) is 0 Å². The molecule has 0 aliphatic heterocycles. The van der Waals surface area contributed by atoms with Crippen LogP contribution in [-0.2, 0) is 6.18 Å². The van der Waals surface area contributed by atoms with Crippen molar-refractivity contribution in [1.82, 2.24) is 0 Å². The number of nitrogens with two attached hydrogens (primary N) is 1. The first-order chi connectivity index (χ1) is 8.41. The Hall–Kier alpha value is -0.810. The summed E-state index contributed by atoms with van der Waals surface area (Å²) in [4.78, 5) is 0. The number of alkyl halides is 3. The van der Waals surface area contributed by atoms with E-state index < -0.39 is 23.6 Å². The van der Waals surface area contributed by atoms with E-state index in [1.165, 1.54) is 0 Å². The van der Waals surface area contributed by atoms with Crippen LogP contribution in [0.4, 0.5) is 17.6 Å². The molecule has 1 aromatic rings. The normalized spacial score (nSPS) is 18.2. The van der Waals surface area contributed by atoms with E-state index in [2.05, 4.69) is 0 Å². The average molecular weight is 298 g/mol. The fourth-order valence-corrected chi connectivity index (χ4v) is 2.68. The van der Waals surface area contributed by atoms with E-state index in [1.54, 1.807) is 0 Å². The topological polar surface area (TPSA) is 26.0 Å². The van der Waals surface area contributed by atoms with E-state index in [1.807, 2.05) is 0 Å². The van der Waals surface area contributed by atoms with Crippen LogP contribution < -0.4 is 5.73 Å². The maximum absolute atomic E-state index is 13.7. The molecular weight excluding hydrogens is 282 g/mol. The summed E-state index contributed by atoms with van der Waals surface area (Å²) in [5.74, 6) is -0.910. The predicted molar refractivity (Wildman–Crippen MR) is 67.5 cm³/mol. The lowest BCUT2D eigenvalue weighted by Crippen LogP contribution is -2.24. The zero-order valence-electron chi connectivity index (χ0n) is 10.2. The zero-order valence-corrected chi connectivity index (χ0v) is 11.0. The second-order valence-electron chi connectivity index (χ2n) is 4.77. The molecule has 0 heterocycles. The molecular formula is C13H16ClF4N. The minimum Gasteiger partial charge on any atom is -0.324 e. The zero-order chi connectivity index (χ0) is 13.3. The quantitative estimate of drug-likeness (QED) is 0.802. The van der Waals surface area contributed by atoms with Gasteiger partial charge < -0.3 is 5.73 Å². The largest absolute Gasteiger partial charge is 0.416 e. The van der Waals surface area contributed by atoms with Crippen LogP contribution in [0.15, 0.2) is 18.2 Å². The molecule has 1 aliphatic carbocycles. The summed E-state index contributed by atoms with van der Waals surface area (Å²) in [5, 5.41) is 0. The van der Waals surface area contributed by atoms with Crippen LogP contribution >= 0.6 is 12.4 Å². The Morgan fingerprint density at radius 1 is 1.16 bits per heavy atom. The monoisotopic (exact) mass is 297 g/mol. The minimum absolute atomic E-state index is 0. The van der Waals surface area contributed by atoms with Gasteiger partial charge in [0.15, 0.2) is 0 Å². The summed E-state index contributed by atoms with van der Waals surface area (Å²) < 4.78 is 52.3. The molecule has 0 aromatic heterocycles. The van der Waals surface area contributed by atoms with Gasteiger partial charge in [-0.2, -0.15) is 13.2 Å². The second kappa shape index (κ2) is 6.09. The van der Waals surface area contributed by atoms with Gasteiger partial charge in [0.2, 0.25) is 0 Å². The molecule has 6 heteroatoms. The van der Waals surface area contributed by atoms with Crippen LogP contribution in [-0.4, -0.2) is 0 Å². The lowest BCUT2D eigenvalue weighted by atomic mass is 9.89. The number of rotatable bonds is 2. The number of hydrogen-bond acceptors (Lipinski definition) is 1. The molecule has 1 aliphatic rings. The van der Waals surface area contributed by atoms with Gasteiger partial charge in [0.05, 0.1) is 5.56 Å². The fourth-order valence-electron chi connectivity index (χ4n) is 2.68. The summed E-state index contributed by atoms with van der Waals surface area (Å²) in [6.45, 7) is 0. The van der Waals surface area contributed by atoms with Gasteiger partial charge in [0, 0.05) is 11.6 Å². The molecule has 0 spiro atoms. The standard InChI is InChI=1S/C13H15F4N.ClH/c14-10-7-3-6-9(13(15,16)17)11(10)12(18)8-4-1-2-5-8;/h3,6-8,12H,1-2,4-5,18H2;1H/t12-;/m1./s1. The first-order valence-electron chi connectivity index (χ1n) is 6.02. The van der Waals surface area contributed by atoms with Gasteiger partial charge in [0.1, 0.15) is 5.82 Å². The summed E-state index contributed by atoms with van der Waals surface area (Å²) in [6, 6.07) is 2.14. The van der Waals surface area contributed by atoms with Crippen LogP contribution in [0.1, 0.15) is 42.9 Å². The Morgan fingerprint density at radius 2 is 1.74 bits per heavy atom. The lowest BCUT2D eigenvalue weighted by Gasteiger charge is -2.23. The van der Waals surface area contributed by atoms with E-state index in [0.717, 1.165) is 43.9 Å². The third-order valence-corrected chi connectivity index (χ3v) is 3.60. The van der Waals surface area contributed by atoms with Crippen LogP contribution in [0, 0.1) is 11.7 Å². The summed E-state index contributed by atoms with van der Waals surface area (Å²) in [6.07, 6.45) is -1.12. The predicted octanol–water partition coefficient (Wildman–Crippen LogP) is 4.46. The molecule has 2 rings (SSSR count). The van der Waals surface area contributed by atoms with E-state index >= 15 is 0 Å². The van der Waals surface area contributed by atoms with Gasteiger partial charge in [-0.1, -0.05) is 18.9 Å². The van der Waals surface area contributed by atoms with E-state index in [0.29, 0.717) is 0 Å². The van der Waals surface area contributed by atoms with Crippen molar-refractivity contribution < 1.29 is 17.6 Å². The maximum Gasteiger partial charge on any atom is 0.416 e. The summed E-state index contributed by atoms with van der Waals surface area (Å²) >= 11 is 0. The van der Waals surface area contributed by atoms with E-state index in [4.69, 9.17) is 5.73 Å². The third-order valence-electron chi connectivity index (χ3n) is 3.60. The van der Waals surface area contributed by atoms with Crippen LogP contribution in [0.2, 0.25) is 0 Å². The molecule has 1 nitrogen and oxygen atoms in total. The highest BCUT2D eigenvalue weighted by atomic mass is 35.5. The van der Waals surface area contributed by atoms with Crippen molar-refractivity contribution in [2.45, 2.75) is 37.9 Å². The molecule has 1 saturated carbocycles. The minimum atomic E-state index is -4.56. The molecule has 1 fully saturated rings. The molecule has 19 heavy (non-hydrogen) atoms. The molecule has 108 valence electrons. The SMILES string of the molecule is Cl.N[C@@H](c1c(F)cccc1C(F)(F)F)C1CCCC1. The number of benzene rings is 1. The Bertz CT molecular complexity index is 427. The average Bonchev–Trinajstić information content (AvgIpc) is 2.80. The van der Waals surface area contributed by atoms with Crippen molar-refractivity contribution in [2.75, 3.05) is 0 Å². The van der Waals surface area contributed by atoms with Gasteiger partial charge in [0.25, 0.3) is 0 Å².